The largest absolute Gasteiger partial charge is 0.481 e. The summed E-state index contributed by atoms with van der Waals surface area (Å²) in [5.41, 5.74) is -4.92. The quantitative estimate of drug-likeness (QED) is 0.0712. The van der Waals surface area contributed by atoms with Crippen LogP contribution in [0.1, 0.15) is 79.0 Å². The van der Waals surface area contributed by atoms with Gasteiger partial charge >= 0.3 is 5.97 Å². The summed E-state index contributed by atoms with van der Waals surface area (Å²) >= 11 is 6.88. The van der Waals surface area contributed by atoms with Gasteiger partial charge in [0.2, 0.25) is 11.8 Å². The molecule has 0 spiro atoms. The molecule has 0 radical (unpaired) electrons. The van der Waals surface area contributed by atoms with Crippen LogP contribution in [-0.2, 0) is 45.4 Å². The number of hydrogen-bond acceptors (Lipinski definition) is 16. The lowest BCUT2D eigenvalue weighted by molar-refractivity contribution is -0.147. The molecular formula is C74H76Br2N6O13. The van der Waals surface area contributed by atoms with Crippen LogP contribution in [0.4, 0.5) is 0 Å². The third-order valence-corrected chi connectivity index (χ3v) is 20.8. The zero-order valence-electron chi connectivity index (χ0n) is 50.2. The maximum atomic E-state index is 13.4. The number of aliphatic carboxylic acids is 1. The van der Waals surface area contributed by atoms with Crippen LogP contribution in [0, 0.1) is 29.1 Å². The molecule has 6 fully saturated rings. The summed E-state index contributed by atoms with van der Waals surface area (Å²) in [7, 11) is 6.56. The second-order valence-electron chi connectivity index (χ2n) is 24.7. The van der Waals surface area contributed by atoms with Crippen LogP contribution in [0.3, 0.4) is 0 Å². The molecule has 7 N–H and O–H groups in total. The Morgan fingerprint density at radius 2 is 0.737 bits per heavy atom. The fourth-order valence-corrected chi connectivity index (χ4v) is 16.6. The van der Waals surface area contributed by atoms with E-state index < -0.39 is 93.4 Å². The number of nitrogens with zero attached hydrogens (tertiary/aromatic N) is 6. The first-order chi connectivity index (χ1) is 44.1. The van der Waals surface area contributed by atoms with Gasteiger partial charge in [-0.15, -0.1) is 0 Å². The summed E-state index contributed by atoms with van der Waals surface area (Å²) in [6, 6.07) is 51.3. The molecule has 0 aromatic heterocycles. The van der Waals surface area contributed by atoms with Crippen LogP contribution >= 0.6 is 31.9 Å². The van der Waals surface area contributed by atoms with Crippen molar-refractivity contribution in [3.8, 4) is 6.07 Å². The number of rotatable bonds is 9. The maximum Gasteiger partial charge on any atom is 0.310 e. The van der Waals surface area contributed by atoms with Crippen molar-refractivity contribution in [1.29, 1.82) is 5.26 Å². The number of carbonyl (C=O) groups excluding carboxylic acids is 2. The molecule has 9 aliphatic rings. The van der Waals surface area contributed by atoms with Crippen molar-refractivity contribution < 1.29 is 64.3 Å². The molecule has 2 amide bonds. The zero-order valence-corrected chi connectivity index (χ0v) is 53.3. The van der Waals surface area contributed by atoms with E-state index in [0.29, 0.717) is 70.4 Å². The molecule has 21 heteroatoms. The van der Waals surface area contributed by atoms with Crippen LogP contribution in [0.25, 0.3) is 0 Å². The van der Waals surface area contributed by atoms with Crippen molar-refractivity contribution in [1.82, 2.24) is 9.80 Å². The molecule has 15 rings (SSSR count). The molecule has 3 saturated carbocycles. The van der Waals surface area contributed by atoms with Gasteiger partial charge < -0.3 is 59.8 Å². The van der Waals surface area contributed by atoms with E-state index in [-0.39, 0.29) is 45.5 Å². The zero-order chi connectivity index (χ0) is 65.0. The van der Waals surface area contributed by atoms with Crippen molar-refractivity contribution in [2.24, 2.45) is 32.7 Å². The number of carbonyl (C=O) groups is 3. The van der Waals surface area contributed by atoms with Gasteiger partial charge in [0.25, 0.3) is 0 Å². The summed E-state index contributed by atoms with van der Waals surface area (Å²) in [5, 5.41) is 90.2. The van der Waals surface area contributed by atoms with Gasteiger partial charge in [-0.05, 0) is 88.0 Å². The van der Waals surface area contributed by atoms with Gasteiger partial charge in [0, 0.05) is 54.9 Å². The first kappa shape index (κ1) is 69.4. The number of amides is 2. The topological polar surface area (TPSA) is 288 Å². The second-order valence-corrected chi connectivity index (χ2v) is 26.5. The normalized spacial score (nSPS) is 32.3. The molecule has 6 aromatic carbocycles. The number of aliphatic imine (C=N–C) groups is 3. The summed E-state index contributed by atoms with van der Waals surface area (Å²) in [6.07, 6.45) is 0.867. The van der Waals surface area contributed by atoms with Crippen LogP contribution < -0.4 is 0 Å². The Labute approximate surface area is 568 Å². The van der Waals surface area contributed by atoms with E-state index in [1.807, 2.05) is 97.1 Å². The number of ether oxygens (including phenoxy) is 3. The fourth-order valence-electron chi connectivity index (χ4n) is 16.0. The van der Waals surface area contributed by atoms with Gasteiger partial charge in [-0.3, -0.25) is 29.4 Å². The highest BCUT2D eigenvalue weighted by Gasteiger charge is 2.82. The molecule has 19 nitrogen and oxygen atoms in total. The molecule has 95 heavy (non-hydrogen) atoms. The highest BCUT2D eigenvalue weighted by molar-refractivity contribution is 9.10. The Bertz CT molecular complexity index is 4180. The lowest BCUT2D eigenvalue weighted by atomic mass is 9.71. The van der Waals surface area contributed by atoms with E-state index in [1.165, 1.54) is 9.80 Å². The molecular weight excluding hydrogens is 1340 g/mol. The van der Waals surface area contributed by atoms with Gasteiger partial charge in [0.1, 0.15) is 52.7 Å². The van der Waals surface area contributed by atoms with Crippen molar-refractivity contribution in [3.63, 3.8) is 0 Å². The van der Waals surface area contributed by atoms with Crippen molar-refractivity contribution >= 4 is 66.8 Å². The summed E-state index contributed by atoms with van der Waals surface area (Å²) in [5.74, 6) is -5.84. The Hall–Kier alpha value is -8.43. The smallest absolute Gasteiger partial charge is 0.310 e. The summed E-state index contributed by atoms with van der Waals surface area (Å²) < 4.78 is 21.2. The highest BCUT2D eigenvalue weighted by Crippen LogP contribution is 2.69. The van der Waals surface area contributed by atoms with Crippen molar-refractivity contribution in [3.05, 3.63) is 247 Å². The number of aliphatic hydroxyl groups is 6. The maximum absolute atomic E-state index is 13.4. The Morgan fingerprint density at radius 1 is 0.463 bits per heavy atom. The molecule has 6 aromatic rings. The molecule has 6 heterocycles. The van der Waals surface area contributed by atoms with Gasteiger partial charge in [-0.25, -0.2) is 0 Å². The molecule has 3 saturated heterocycles. The van der Waals surface area contributed by atoms with Crippen LogP contribution in [-0.4, -0.2) is 163 Å². The lowest BCUT2D eigenvalue weighted by Gasteiger charge is -2.40. The summed E-state index contributed by atoms with van der Waals surface area (Å²) in [4.78, 5) is 55.2. The Balaban J connectivity index is 0.000000153. The number of carboxylic acids is 1. The molecule has 494 valence electrons. The van der Waals surface area contributed by atoms with Gasteiger partial charge in [-0.1, -0.05) is 182 Å². The minimum absolute atomic E-state index is 0. The van der Waals surface area contributed by atoms with E-state index in [2.05, 4.69) is 52.9 Å². The van der Waals surface area contributed by atoms with E-state index in [4.69, 9.17) is 14.2 Å². The average Bonchev–Trinajstić information content (AvgIpc) is 1.52. The number of hydrogen-bond donors (Lipinski definition) is 7. The molecule has 0 unspecified atom stereocenters. The monoisotopic (exact) mass is 1410 g/mol. The fraction of sp³-hybridized carbons (Fsp3) is 0.338. The van der Waals surface area contributed by atoms with Gasteiger partial charge in [0.15, 0.2) is 33.6 Å². The Morgan fingerprint density at radius 3 is 1.01 bits per heavy atom. The third kappa shape index (κ3) is 9.75. The number of nitriles is 1. The summed E-state index contributed by atoms with van der Waals surface area (Å²) in [6.45, 7) is 1.04. The third-order valence-electron chi connectivity index (χ3n) is 19.8. The van der Waals surface area contributed by atoms with Crippen LogP contribution in [0.15, 0.2) is 223 Å². The number of halogens is 2. The second kappa shape index (κ2) is 25.6. The Kier molecular flexibility index (Phi) is 18.7. The van der Waals surface area contributed by atoms with E-state index in [9.17, 15) is 55.4 Å². The molecule has 3 aliphatic carbocycles. The number of benzene rings is 6. The molecule has 6 aliphatic heterocycles. The standard InChI is InChI=1S/C25H23N3O4.C24H23BrN2O4.C22H18BrNO5.3CH4/c1-28(2)23(30)19-20(16-6-4-3-5-7-16)25(17-10-8-15(14-26)9-11-17)24(31,22(19)29)21-18(32-25)12-13-27-21;1-27(2)22(29)18-19(14-6-4-3-5-7-14)24(15-8-10-16(25)11-9-15)23(30,21(18)28)20-17(31-24)12-13-26-20;23-14-8-6-13(7-9-14)22-17(12-4-2-1-3-5-12)16(20(26)27)19(25)21(22,28)18-15(29-22)10-11-24-18;;;/h3-12,19-20,22,29,31H,13H2,1-2H3;3-12,18-19,21,28,30H,13H2,1-2H3;1-10,16-17,19,25,28H,11H2,(H,26,27);3*1H4/t19-,20-,22-,24+,25+;18-,19-,21-,23+,24+;16-,17-,19-,21+,22+;;;/m111.../s1. The van der Waals surface area contributed by atoms with Gasteiger partial charge in [-0.2, -0.15) is 5.26 Å². The minimum atomic E-state index is -1.99. The first-order valence-corrected chi connectivity index (χ1v) is 31.6. The van der Waals surface area contributed by atoms with Crippen LogP contribution in [0.2, 0.25) is 0 Å². The average molecular weight is 1420 g/mol. The molecule has 0 bridgehead atoms. The SMILES string of the molecule is C.C.C.CN(C)C(=O)[C@H]1[C@@H](O)[C@@]2(O)C3=NCC=C3O[C@@]2(c2ccc(Br)cc2)[C@@H]1c1ccccc1.CN(C)C(=O)[C@H]1[C@@H](O)[C@@]2(O)C3=NCC=C3O[C@@]2(c2ccc(C#N)cc2)[C@@H]1c1ccccc1.O=C(O)[C@H]1[C@@H](O)[C@@]2(O)C3=NCC=C3O[C@@]2(c2ccc(Br)cc2)[C@@H]1c1ccccc1. The molecule has 15 atom stereocenters. The number of fused-ring (bicyclic) bond motifs is 9. The van der Waals surface area contributed by atoms with Crippen molar-refractivity contribution in [2.45, 2.75) is 92.0 Å². The van der Waals surface area contributed by atoms with E-state index in [1.54, 1.807) is 113 Å². The van der Waals surface area contributed by atoms with Gasteiger partial charge in [0.05, 0.1) is 49.0 Å². The number of carboxylic acid groups (broad SMARTS) is 1. The van der Waals surface area contributed by atoms with Crippen molar-refractivity contribution in [2.75, 3.05) is 47.8 Å². The highest BCUT2D eigenvalue weighted by atomic mass is 79.9. The van der Waals surface area contributed by atoms with E-state index >= 15 is 0 Å². The first-order valence-electron chi connectivity index (χ1n) is 30.0. The lowest BCUT2D eigenvalue weighted by Crippen LogP contribution is -2.56. The number of aliphatic hydroxyl groups excluding tert-OH is 3. The minimum Gasteiger partial charge on any atom is -0.481 e. The predicted molar refractivity (Wildman–Crippen MR) is 365 cm³/mol. The predicted octanol–water partition coefficient (Wildman–Crippen LogP) is 8.83. The van der Waals surface area contributed by atoms with E-state index in [0.717, 1.165) is 20.1 Å². The van der Waals surface area contributed by atoms with Crippen LogP contribution in [0.5, 0.6) is 0 Å².